The molecule has 4 N–H and O–H groups in total. The second kappa shape index (κ2) is 13.5. The van der Waals surface area contributed by atoms with E-state index in [-0.39, 0.29) is 16.7 Å². The highest BCUT2D eigenvalue weighted by Gasteiger charge is 2.44. The van der Waals surface area contributed by atoms with Crippen molar-refractivity contribution in [3.8, 4) is 0 Å². The van der Waals surface area contributed by atoms with Gasteiger partial charge >= 0.3 is 0 Å². The van der Waals surface area contributed by atoms with Gasteiger partial charge in [-0.3, -0.25) is 10.6 Å². The van der Waals surface area contributed by atoms with Crippen LogP contribution < -0.4 is 16.2 Å². The number of carbonyl (C=O) groups is 1. The summed E-state index contributed by atoms with van der Waals surface area (Å²) in [6, 6.07) is 26.7. The van der Waals surface area contributed by atoms with Crippen LogP contribution >= 0.6 is 0 Å². The van der Waals surface area contributed by atoms with Crippen LogP contribution in [0, 0.1) is 0 Å². The molecule has 0 unspecified atom stereocenters. The first-order valence-corrected chi connectivity index (χ1v) is 18.4. The highest BCUT2D eigenvalue weighted by molar-refractivity contribution is 6.07. The van der Waals surface area contributed by atoms with E-state index < -0.39 is 0 Å². The summed E-state index contributed by atoms with van der Waals surface area (Å²) in [5, 5.41) is 5.27. The highest BCUT2D eigenvalue weighted by atomic mass is 16.2. The van der Waals surface area contributed by atoms with E-state index in [4.69, 9.17) is 0 Å². The summed E-state index contributed by atoms with van der Waals surface area (Å²) >= 11 is 0. The number of carbonyl (C=O) groups excluding carboxylic acids is 1. The smallest absolute Gasteiger partial charge is 0.264 e. The number of nitrogens with zero attached hydrogens (tertiary/aromatic N) is 2. The summed E-state index contributed by atoms with van der Waals surface area (Å²) in [5.41, 5.74) is 13.2. The SMILES string of the molecule is C[N+]1=C(C=CC2=CC(=CC=C3N(CCCCCC(=O)N[NH3+])c4ccc5ccccc5c4C3(C)C)CCC2)C(C)(C)c2c1ccc1ccccc21. The first kappa shape index (κ1) is 33.7. The Kier molecular flexibility index (Phi) is 9.13. The van der Waals surface area contributed by atoms with E-state index in [2.05, 4.69) is 159 Å². The van der Waals surface area contributed by atoms with Gasteiger partial charge in [0.15, 0.2) is 5.71 Å². The van der Waals surface area contributed by atoms with Gasteiger partial charge in [-0.1, -0.05) is 93.1 Å². The fourth-order valence-corrected chi connectivity index (χ4v) is 8.80. The minimum atomic E-state index is -0.142. The maximum absolute atomic E-state index is 11.7. The van der Waals surface area contributed by atoms with Crippen molar-refractivity contribution < 1.29 is 15.2 Å². The topological polar surface area (TPSA) is 63.0 Å². The lowest BCUT2D eigenvalue weighted by atomic mass is 9.79. The molecule has 0 bridgehead atoms. The zero-order valence-corrected chi connectivity index (χ0v) is 30.5. The first-order valence-electron chi connectivity index (χ1n) is 18.4. The molecule has 0 saturated carbocycles. The minimum absolute atomic E-state index is 0.0161. The summed E-state index contributed by atoms with van der Waals surface area (Å²) in [7, 11) is 2.21. The molecule has 7 rings (SSSR count). The van der Waals surface area contributed by atoms with Crippen molar-refractivity contribution in [1.82, 2.24) is 5.43 Å². The molecule has 0 fully saturated rings. The van der Waals surface area contributed by atoms with Gasteiger partial charge in [0, 0.05) is 47.5 Å². The summed E-state index contributed by atoms with van der Waals surface area (Å²) in [4.78, 5) is 14.3. The molecule has 5 heteroatoms. The second-order valence-corrected chi connectivity index (χ2v) is 15.3. The van der Waals surface area contributed by atoms with Gasteiger partial charge in [0.05, 0.1) is 5.41 Å². The Morgan fingerprint density at radius 2 is 1.52 bits per heavy atom. The third-order valence-electron chi connectivity index (χ3n) is 11.3. The van der Waals surface area contributed by atoms with E-state index in [0.29, 0.717) is 6.42 Å². The maximum Gasteiger partial charge on any atom is 0.264 e. The molecule has 3 aliphatic rings. The lowest BCUT2D eigenvalue weighted by Gasteiger charge is -2.27. The number of fused-ring (bicyclic) bond motifs is 6. The van der Waals surface area contributed by atoms with Gasteiger partial charge in [-0.2, -0.15) is 4.58 Å². The Morgan fingerprint density at radius 1 is 0.820 bits per heavy atom. The van der Waals surface area contributed by atoms with E-state index in [1.165, 1.54) is 66.6 Å². The van der Waals surface area contributed by atoms with Crippen molar-refractivity contribution in [2.75, 3.05) is 18.5 Å². The number of benzene rings is 4. The van der Waals surface area contributed by atoms with Crippen LogP contribution in [0.3, 0.4) is 0 Å². The fourth-order valence-electron chi connectivity index (χ4n) is 8.80. The number of hydrogen-bond acceptors (Lipinski definition) is 2. The van der Waals surface area contributed by atoms with E-state index >= 15 is 0 Å². The minimum Gasteiger partial charge on any atom is -0.344 e. The zero-order valence-electron chi connectivity index (χ0n) is 30.5. The van der Waals surface area contributed by atoms with Crippen molar-refractivity contribution in [2.24, 2.45) is 0 Å². The van der Waals surface area contributed by atoms with Crippen molar-refractivity contribution >= 4 is 44.5 Å². The average molecular weight is 665 g/mol. The quantitative estimate of drug-likeness (QED) is 0.107. The van der Waals surface area contributed by atoms with Crippen LogP contribution in [0.2, 0.25) is 0 Å². The van der Waals surface area contributed by atoms with Crippen LogP contribution in [0.5, 0.6) is 0 Å². The van der Waals surface area contributed by atoms with Gasteiger partial charge in [0.2, 0.25) is 5.69 Å². The standard InChI is InChI=1S/C45H50N4O/c1-44(2)39(48(5)37-25-23-33-16-8-10-18-35(33)42(37)44)27-21-31-14-13-15-32(30-31)22-28-40-45(3,4)43-36-19-11-9-17-34(36)24-26-38(43)49(40)29-12-6-7-20-41(50)47-46/h8-11,16-19,21-28,30H,6-7,12-15,20,29,46H2,1-5H3/p+2. The first-order chi connectivity index (χ1) is 24.1. The third kappa shape index (κ3) is 6.02. The molecule has 0 radical (unpaired) electrons. The van der Waals surface area contributed by atoms with Gasteiger partial charge in [0.25, 0.3) is 5.91 Å². The van der Waals surface area contributed by atoms with Crippen LogP contribution in [0.15, 0.2) is 120 Å². The number of allylic oxidation sites excluding steroid dienone is 8. The van der Waals surface area contributed by atoms with Gasteiger partial charge in [-0.25, -0.2) is 5.43 Å². The van der Waals surface area contributed by atoms with Gasteiger partial charge in [0.1, 0.15) is 7.05 Å². The normalized spacial score (nSPS) is 19.6. The molecule has 2 aliphatic heterocycles. The Morgan fingerprint density at radius 3 is 2.26 bits per heavy atom. The lowest BCUT2D eigenvalue weighted by molar-refractivity contribution is -0.427. The second-order valence-electron chi connectivity index (χ2n) is 15.3. The summed E-state index contributed by atoms with van der Waals surface area (Å²) in [6.45, 7) is 10.4. The van der Waals surface area contributed by atoms with Crippen LogP contribution in [0.25, 0.3) is 21.5 Å². The molecule has 0 spiro atoms. The predicted molar refractivity (Wildman–Crippen MR) is 209 cm³/mol. The number of quaternary nitrogens is 1. The molecule has 256 valence electrons. The van der Waals surface area contributed by atoms with Crippen LogP contribution in [0.4, 0.5) is 11.4 Å². The lowest BCUT2D eigenvalue weighted by Crippen LogP contribution is -2.67. The Labute approximate surface area is 297 Å². The molecular formula is C45H52N4O+2. The van der Waals surface area contributed by atoms with Gasteiger partial charge < -0.3 is 4.90 Å². The number of rotatable bonds is 9. The largest absolute Gasteiger partial charge is 0.344 e. The van der Waals surface area contributed by atoms with E-state index in [1.54, 1.807) is 0 Å². The third-order valence-corrected chi connectivity index (χ3v) is 11.3. The van der Waals surface area contributed by atoms with Gasteiger partial charge in [-0.05, 0) is 102 Å². The van der Waals surface area contributed by atoms with E-state index in [1.807, 2.05) is 0 Å². The molecule has 5 nitrogen and oxygen atoms in total. The Hall–Kier alpha value is -4.74. The monoisotopic (exact) mass is 664 g/mol. The molecule has 4 aromatic rings. The van der Waals surface area contributed by atoms with Crippen LogP contribution in [-0.4, -0.2) is 29.8 Å². The van der Waals surface area contributed by atoms with Crippen molar-refractivity contribution in [3.63, 3.8) is 0 Å². The predicted octanol–water partition coefficient (Wildman–Crippen LogP) is 9.11. The van der Waals surface area contributed by atoms with Crippen molar-refractivity contribution in [1.29, 1.82) is 0 Å². The molecule has 0 saturated heterocycles. The van der Waals surface area contributed by atoms with E-state index in [0.717, 1.165) is 45.1 Å². The van der Waals surface area contributed by atoms with Gasteiger partial charge in [-0.15, -0.1) is 0 Å². The van der Waals surface area contributed by atoms with Crippen molar-refractivity contribution in [2.45, 2.75) is 83.5 Å². The maximum atomic E-state index is 11.7. The fraction of sp³-hybridized carbons (Fsp3) is 0.333. The van der Waals surface area contributed by atoms with E-state index in [9.17, 15) is 4.79 Å². The summed E-state index contributed by atoms with van der Waals surface area (Å²) < 4.78 is 2.39. The molecule has 50 heavy (non-hydrogen) atoms. The molecule has 2 heterocycles. The average Bonchev–Trinajstić information content (AvgIpc) is 3.46. The highest BCUT2D eigenvalue weighted by Crippen LogP contribution is 2.51. The number of unbranched alkanes of at least 4 members (excludes halogenated alkanes) is 2. The molecular weight excluding hydrogens is 613 g/mol. The zero-order chi connectivity index (χ0) is 35.0. The number of nitrogens with one attached hydrogen (secondary N) is 1. The number of anilines is 1. The molecule has 1 amide bonds. The van der Waals surface area contributed by atoms with Crippen molar-refractivity contribution in [3.05, 3.63) is 131 Å². The molecule has 4 aromatic carbocycles. The summed E-state index contributed by atoms with van der Waals surface area (Å²) in [6.07, 6.45) is 18.7. The Balaban J connectivity index is 1.17. The van der Waals surface area contributed by atoms with Crippen LogP contribution in [-0.2, 0) is 15.6 Å². The number of amides is 1. The summed E-state index contributed by atoms with van der Waals surface area (Å²) in [5.74, 6) is 3.53. The van der Waals surface area contributed by atoms with Crippen LogP contribution in [0.1, 0.15) is 83.8 Å². The molecule has 0 atom stereocenters. The molecule has 1 aliphatic carbocycles. The Bertz CT molecular complexity index is 2140. The molecule has 0 aromatic heterocycles. The number of hydrogen-bond donors (Lipinski definition) is 2.